The lowest BCUT2D eigenvalue weighted by Crippen LogP contribution is -2.25. The fraction of sp³-hybridized carbons (Fsp3) is 0.250. The quantitative estimate of drug-likeness (QED) is 0.441. The summed E-state index contributed by atoms with van der Waals surface area (Å²) < 4.78 is 79.2. The zero-order chi connectivity index (χ0) is 24.4. The van der Waals surface area contributed by atoms with E-state index >= 15 is 0 Å². The Morgan fingerprint density at radius 3 is 2.12 bits per heavy atom. The van der Waals surface area contributed by atoms with Gasteiger partial charge in [-0.2, -0.15) is 26.3 Å². The molecular weight excluding hydrogens is 454 g/mol. The second kappa shape index (κ2) is 9.00. The molecule has 0 saturated carbocycles. The third-order valence-electron chi connectivity index (χ3n) is 4.39. The molecule has 0 bridgehead atoms. The number of benzene rings is 1. The van der Waals surface area contributed by atoms with Gasteiger partial charge in [0.05, 0.1) is 17.2 Å². The van der Waals surface area contributed by atoms with Gasteiger partial charge >= 0.3 is 12.4 Å². The van der Waals surface area contributed by atoms with E-state index in [2.05, 4.69) is 25.4 Å². The van der Waals surface area contributed by atoms with Crippen LogP contribution in [0.4, 0.5) is 26.3 Å². The average Bonchev–Trinajstić information content (AvgIpc) is 3.20. The Morgan fingerprint density at radius 1 is 1.00 bits per heavy atom. The number of aryl methyl sites for hydroxylation is 1. The van der Waals surface area contributed by atoms with E-state index in [4.69, 9.17) is 0 Å². The van der Waals surface area contributed by atoms with Crippen molar-refractivity contribution in [3.8, 4) is 11.4 Å². The number of hydrogen-bond donors (Lipinski definition) is 1. The molecule has 0 spiro atoms. The van der Waals surface area contributed by atoms with Crippen LogP contribution < -0.4 is 5.32 Å². The molecule has 13 heteroatoms. The van der Waals surface area contributed by atoms with Gasteiger partial charge in [0.1, 0.15) is 12.2 Å². The van der Waals surface area contributed by atoms with Gasteiger partial charge in [-0.1, -0.05) is 0 Å². The molecule has 1 amide bonds. The molecule has 0 aliphatic carbocycles. The molecular formula is C20H16F6N6O. The highest BCUT2D eigenvalue weighted by Gasteiger charge is 2.37. The summed E-state index contributed by atoms with van der Waals surface area (Å²) in [5.41, 5.74) is -2.77. The van der Waals surface area contributed by atoms with Crippen LogP contribution in [0.3, 0.4) is 0 Å². The van der Waals surface area contributed by atoms with Gasteiger partial charge in [0.15, 0.2) is 5.82 Å². The summed E-state index contributed by atoms with van der Waals surface area (Å²) in [6, 6.07) is 0.651. The molecule has 0 aliphatic heterocycles. The maximum Gasteiger partial charge on any atom is 0.416 e. The number of aromatic nitrogens is 5. The van der Waals surface area contributed by atoms with E-state index in [-0.39, 0.29) is 11.9 Å². The van der Waals surface area contributed by atoms with Crippen molar-refractivity contribution in [1.82, 2.24) is 30.0 Å². The van der Waals surface area contributed by atoms with Crippen molar-refractivity contribution >= 4 is 12.1 Å². The highest BCUT2D eigenvalue weighted by atomic mass is 19.4. The summed E-state index contributed by atoms with van der Waals surface area (Å²) >= 11 is 0. The maximum atomic E-state index is 13.0. The minimum Gasteiger partial charge on any atom is -0.346 e. The van der Waals surface area contributed by atoms with Crippen molar-refractivity contribution in [2.75, 3.05) is 0 Å². The number of halogens is 6. The molecule has 3 rings (SSSR count). The van der Waals surface area contributed by atoms with Gasteiger partial charge in [0, 0.05) is 35.8 Å². The molecule has 0 fully saturated rings. The molecule has 1 aromatic carbocycles. The first-order valence-corrected chi connectivity index (χ1v) is 9.31. The van der Waals surface area contributed by atoms with Crippen LogP contribution in [0.1, 0.15) is 35.5 Å². The van der Waals surface area contributed by atoms with Crippen LogP contribution >= 0.6 is 0 Å². The lowest BCUT2D eigenvalue weighted by Gasteiger charge is -2.13. The number of rotatable bonds is 5. The summed E-state index contributed by atoms with van der Waals surface area (Å²) in [7, 11) is 0. The number of alkyl halides is 6. The fourth-order valence-electron chi connectivity index (χ4n) is 2.68. The largest absolute Gasteiger partial charge is 0.416 e. The Balaban J connectivity index is 1.77. The zero-order valence-electron chi connectivity index (χ0n) is 17.1. The first-order chi connectivity index (χ1) is 15.3. The number of hydrogen-bond acceptors (Lipinski definition) is 5. The highest BCUT2D eigenvalue weighted by molar-refractivity contribution is 5.90. The Labute approximate surface area is 183 Å². The maximum absolute atomic E-state index is 13.0. The van der Waals surface area contributed by atoms with Gasteiger partial charge in [-0.3, -0.25) is 4.79 Å². The van der Waals surface area contributed by atoms with Crippen LogP contribution in [0.5, 0.6) is 0 Å². The van der Waals surface area contributed by atoms with E-state index in [1.165, 1.54) is 0 Å². The van der Waals surface area contributed by atoms with Crippen molar-refractivity contribution in [1.29, 1.82) is 0 Å². The molecule has 1 N–H and O–H groups in total. The van der Waals surface area contributed by atoms with Crippen molar-refractivity contribution in [3.63, 3.8) is 0 Å². The molecule has 3 aromatic rings. The molecule has 0 aliphatic rings. The van der Waals surface area contributed by atoms with Gasteiger partial charge in [-0.05, 0) is 32.0 Å². The summed E-state index contributed by atoms with van der Waals surface area (Å²) in [6.07, 6.45) is -3.58. The van der Waals surface area contributed by atoms with E-state index in [9.17, 15) is 31.1 Å². The Kier molecular flexibility index (Phi) is 6.51. The smallest absolute Gasteiger partial charge is 0.346 e. The predicted octanol–water partition coefficient (Wildman–Crippen LogP) is 4.43. The van der Waals surface area contributed by atoms with Crippen LogP contribution in [0, 0.1) is 6.92 Å². The Hall–Kier alpha value is -3.77. The average molecular weight is 470 g/mol. The van der Waals surface area contributed by atoms with E-state index in [1.807, 2.05) is 0 Å². The fourth-order valence-corrected chi connectivity index (χ4v) is 2.68. The third kappa shape index (κ3) is 6.14. The molecule has 1 atom stereocenters. The van der Waals surface area contributed by atoms with Gasteiger partial charge in [-0.15, -0.1) is 5.10 Å². The number of nitrogens with zero attached hydrogens (tertiary/aromatic N) is 5. The number of carbonyl (C=O) groups is 1. The second-order valence-electron chi connectivity index (χ2n) is 6.95. The third-order valence-corrected chi connectivity index (χ3v) is 4.39. The van der Waals surface area contributed by atoms with Crippen LogP contribution in [-0.4, -0.2) is 30.6 Å². The molecule has 0 saturated heterocycles. The monoisotopic (exact) mass is 470 g/mol. The minimum atomic E-state index is -4.99. The summed E-state index contributed by atoms with van der Waals surface area (Å²) in [6.45, 7) is 3.42. The van der Waals surface area contributed by atoms with Gasteiger partial charge in [0.2, 0.25) is 5.91 Å². The summed E-state index contributed by atoms with van der Waals surface area (Å²) in [5, 5.41) is 6.49. The van der Waals surface area contributed by atoms with Crippen molar-refractivity contribution in [2.45, 2.75) is 32.2 Å². The highest BCUT2D eigenvalue weighted by Crippen LogP contribution is 2.38. The molecule has 7 nitrogen and oxygen atoms in total. The molecule has 1 unspecified atom stereocenters. The van der Waals surface area contributed by atoms with Gasteiger partial charge in [0.25, 0.3) is 0 Å². The first kappa shape index (κ1) is 23.9. The second-order valence-corrected chi connectivity index (χ2v) is 6.95. The lowest BCUT2D eigenvalue weighted by atomic mass is 10.0. The number of carbonyl (C=O) groups excluding carboxylic acids is 1. The number of nitrogens with one attached hydrogen (secondary N) is 1. The molecule has 2 aromatic heterocycles. The summed E-state index contributed by atoms with van der Waals surface area (Å²) in [4.78, 5) is 23.9. The van der Waals surface area contributed by atoms with E-state index < -0.39 is 41.0 Å². The van der Waals surface area contributed by atoms with Gasteiger partial charge in [-0.25, -0.2) is 19.6 Å². The van der Waals surface area contributed by atoms with Gasteiger partial charge < -0.3 is 5.32 Å². The van der Waals surface area contributed by atoms with Crippen molar-refractivity contribution < 1.29 is 31.1 Å². The minimum absolute atomic E-state index is 0.0188. The van der Waals surface area contributed by atoms with Crippen LogP contribution in [0.15, 0.2) is 43.0 Å². The van der Waals surface area contributed by atoms with E-state index in [1.54, 1.807) is 26.2 Å². The van der Waals surface area contributed by atoms with Crippen LogP contribution in [0.2, 0.25) is 0 Å². The van der Waals surface area contributed by atoms with Crippen molar-refractivity contribution in [3.05, 3.63) is 65.5 Å². The van der Waals surface area contributed by atoms with Crippen molar-refractivity contribution in [2.24, 2.45) is 0 Å². The molecule has 0 radical (unpaired) electrons. The topological polar surface area (TPSA) is 85.6 Å². The van der Waals surface area contributed by atoms with E-state index in [0.717, 1.165) is 23.3 Å². The Bertz CT molecular complexity index is 1130. The first-order valence-electron chi connectivity index (χ1n) is 9.31. The van der Waals surface area contributed by atoms with E-state index in [0.29, 0.717) is 23.5 Å². The summed E-state index contributed by atoms with van der Waals surface area (Å²) in [5.74, 6) is -0.331. The predicted molar refractivity (Wildman–Crippen MR) is 104 cm³/mol. The lowest BCUT2D eigenvalue weighted by molar-refractivity contribution is -0.143. The Morgan fingerprint density at radius 2 is 1.58 bits per heavy atom. The normalized spacial score (nSPS) is 13.3. The number of amides is 1. The molecule has 33 heavy (non-hydrogen) atoms. The standard InChI is InChI=1S/C20H16F6N6O/c1-11(14-8-27-12(2)28-9-14)30-17(33)3-4-32-10-29-18(31-32)13-5-15(19(21,22)23)7-16(6-13)20(24,25)26/h3-11H,1-2H3,(H,30,33). The van der Waals surface area contributed by atoms with Crippen LogP contribution in [0.25, 0.3) is 17.6 Å². The molecule has 174 valence electrons. The SMILES string of the molecule is Cc1ncc(C(C)NC(=O)C=Cn2cnc(-c3cc(C(F)(F)F)cc(C(F)(F)F)c3)n2)cn1. The van der Waals surface area contributed by atoms with Crippen LogP contribution in [-0.2, 0) is 17.1 Å². The zero-order valence-corrected chi connectivity index (χ0v) is 17.1. The molecule has 2 heterocycles.